The van der Waals surface area contributed by atoms with Gasteiger partial charge < -0.3 is 20.3 Å². The summed E-state index contributed by atoms with van der Waals surface area (Å²) in [6.45, 7) is -3.21. The fourth-order valence-corrected chi connectivity index (χ4v) is 3.11. The average Bonchev–Trinajstić information content (AvgIpc) is 2.66. The molecule has 0 saturated heterocycles. The Kier molecular flexibility index (Phi) is 7.61. The van der Waals surface area contributed by atoms with Crippen molar-refractivity contribution in [3.63, 3.8) is 0 Å². The van der Waals surface area contributed by atoms with Gasteiger partial charge in [0.1, 0.15) is 5.60 Å². The van der Waals surface area contributed by atoms with Crippen LogP contribution in [0.15, 0.2) is 42.2 Å². The summed E-state index contributed by atoms with van der Waals surface area (Å²) in [4.78, 5) is 0. The Balaban J connectivity index is 2.63. The van der Waals surface area contributed by atoms with E-state index in [0.29, 0.717) is 9.80 Å². The van der Waals surface area contributed by atoms with E-state index in [2.05, 4.69) is 9.47 Å². The molecule has 0 heterocycles. The first kappa shape index (κ1) is 23.8. The SMILES string of the molecule is CC(C)C(O)(/C(N)=C/N(N)SF)c1ccc2cc(OC(F)F)c(OC(F)F)cc2c1. The van der Waals surface area contributed by atoms with E-state index < -0.39 is 36.2 Å². The molecule has 1 atom stereocenters. The molecule has 0 aromatic heterocycles. The average molecular weight is 453 g/mol. The first-order chi connectivity index (χ1) is 14.0. The normalized spacial score (nSPS) is 14.5. The van der Waals surface area contributed by atoms with Crippen LogP contribution in [-0.4, -0.2) is 22.7 Å². The lowest BCUT2D eigenvalue weighted by Gasteiger charge is -2.34. The zero-order chi connectivity index (χ0) is 22.6. The lowest BCUT2D eigenvalue weighted by molar-refractivity contribution is -0.0690. The molecule has 0 spiro atoms. The van der Waals surface area contributed by atoms with Crippen molar-refractivity contribution in [1.82, 2.24) is 4.41 Å². The third-order valence-corrected chi connectivity index (χ3v) is 4.66. The first-order valence-electron chi connectivity index (χ1n) is 8.49. The summed E-state index contributed by atoms with van der Waals surface area (Å²) in [6, 6.07) is 6.53. The summed E-state index contributed by atoms with van der Waals surface area (Å²) in [7, 11) is 0. The van der Waals surface area contributed by atoms with Gasteiger partial charge in [0.05, 0.1) is 11.9 Å². The smallest absolute Gasteiger partial charge is 0.387 e. The molecule has 30 heavy (non-hydrogen) atoms. The van der Waals surface area contributed by atoms with Gasteiger partial charge in [0, 0.05) is 0 Å². The highest BCUT2D eigenvalue weighted by Gasteiger charge is 2.37. The van der Waals surface area contributed by atoms with Gasteiger partial charge in [-0.2, -0.15) is 17.6 Å². The summed E-state index contributed by atoms with van der Waals surface area (Å²) >= 11 is -0.326. The molecule has 0 aliphatic heterocycles. The van der Waals surface area contributed by atoms with Crippen LogP contribution in [0.1, 0.15) is 19.4 Å². The summed E-state index contributed by atoms with van der Waals surface area (Å²) in [5.74, 6) is 3.67. The van der Waals surface area contributed by atoms with Crippen LogP contribution in [0.5, 0.6) is 11.5 Å². The Morgan fingerprint density at radius 2 is 1.60 bits per heavy atom. The molecule has 0 saturated carbocycles. The molecule has 0 aliphatic carbocycles. The lowest BCUT2D eigenvalue weighted by atomic mass is 9.80. The molecular weight excluding hydrogens is 433 g/mol. The minimum atomic E-state index is -3.27. The van der Waals surface area contributed by atoms with Gasteiger partial charge in [-0.15, -0.1) is 3.89 Å². The van der Waals surface area contributed by atoms with Crippen molar-refractivity contribution in [2.75, 3.05) is 0 Å². The second kappa shape index (κ2) is 9.58. The van der Waals surface area contributed by atoms with Gasteiger partial charge in [0.25, 0.3) is 0 Å². The number of nitrogens with zero attached hydrogens (tertiary/aromatic N) is 1. The fourth-order valence-electron chi connectivity index (χ4n) is 2.96. The van der Waals surface area contributed by atoms with Gasteiger partial charge in [-0.25, -0.2) is 10.3 Å². The molecule has 0 fully saturated rings. The van der Waals surface area contributed by atoms with E-state index in [-0.39, 0.29) is 29.0 Å². The molecule has 166 valence electrons. The predicted octanol–water partition coefficient (Wildman–Crippen LogP) is 4.39. The fraction of sp³-hybridized carbons (Fsp3) is 0.333. The zero-order valence-corrected chi connectivity index (χ0v) is 16.7. The minimum absolute atomic E-state index is 0.175. The topological polar surface area (TPSA) is 94.0 Å². The number of hydrogen-bond donors (Lipinski definition) is 3. The number of nitrogens with two attached hydrogens (primary N) is 2. The van der Waals surface area contributed by atoms with Gasteiger partial charge >= 0.3 is 13.2 Å². The van der Waals surface area contributed by atoms with Crippen molar-refractivity contribution in [1.29, 1.82) is 0 Å². The van der Waals surface area contributed by atoms with E-state index in [9.17, 15) is 26.6 Å². The molecule has 2 aromatic rings. The summed E-state index contributed by atoms with van der Waals surface area (Å²) < 4.78 is 72.3. The monoisotopic (exact) mass is 453 g/mol. The molecule has 6 nitrogen and oxygen atoms in total. The van der Waals surface area contributed by atoms with Crippen molar-refractivity contribution in [3.05, 3.63) is 47.8 Å². The first-order valence-corrected chi connectivity index (χ1v) is 9.17. The van der Waals surface area contributed by atoms with Crippen LogP contribution >= 0.6 is 12.3 Å². The lowest BCUT2D eigenvalue weighted by Crippen LogP contribution is -2.39. The number of benzene rings is 2. The van der Waals surface area contributed by atoms with E-state index in [1.165, 1.54) is 18.2 Å². The van der Waals surface area contributed by atoms with Gasteiger partial charge in [-0.1, -0.05) is 26.0 Å². The van der Waals surface area contributed by atoms with Gasteiger partial charge in [0.15, 0.2) is 23.8 Å². The van der Waals surface area contributed by atoms with Crippen molar-refractivity contribution >= 4 is 23.1 Å². The maximum atomic E-state index is 12.7. The van der Waals surface area contributed by atoms with Crippen molar-refractivity contribution < 1.29 is 36.0 Å². The third-order valence-electron chi connectivity index (χ3n) is 4.40. The van der Waals surface area contributed by atoms with Crippen LogP contribution in [0.4, 0.5) is 21.4 Å². The Bertz CT molecular complexity index is 916. The van der Waals surface area contributed by atoms with Crippen molar-refractivity contribution in [3.8, 4) is 11.5 Å². The van der Waals surface area contributed by atoms with Crippen LogP contribution in [-0.2, 0) is 5.60 Å². The Morgan fingerprint density at radius 3 is 2.07 bits per heavy atom. The van der Waals surface area contributed by atoms with E-state index in [1.54, 1.807) is 13.8 Å². The molecule has 1 unspecified atom stereocenters. The molecule has 5 N–H and O–H groups in total. The van der Waals surface area contributed by atoms with Crippen LogP contribution < -0.4 is 21.1 Å². The molecule has 12 heteroatoms. The predicted molar refractivity (Wildman–Crippen MR) is 103 cm³/mol. The second-order valence-electron chi connectivity index (χ2n) is 6.55. The van der Waals surface area contributed by atoms with Crippen molar-refractivity contribution in [2.24, 2.45) is 17.5 Å². The standard InChI is InChI=1S/C18H20F5N3O3S/c1-9(2)18(27,15(24)8-26(25)30-23)12-4-3-10-6-13(28-16(19)20)14(29-17(21)22)7-11(10)5-12/h3-9,16-17,27H,24-25H2,1-2H3/b15-8-. The maximum Gasteiger partial charge on any atom is 0.387 e. The number of hydrogen-bond acceptors (Lipinski definition) is 7. The van der Waals surface area contributed by atoms with Crippen molar-refractivity contribution in [2.45, 2.75) is 32.7 Å². The molecule has 2 rings (SSSR count). The van der Waals surface area contributed by atoms with Gasteiger partial charge in [-0.3, -0.25) is 0 Å². The largest absolute Gasteiger partial charge is 0.431 e. The number of hydrazine groups is 1. The van der Waals surface area contributed by atoms with Crippen LogP contribution in [0.25, 0.3) is 10.8 Å². The summed E-state index contributed by atoms with van der Waals surface area (Å²) in [5.41, 5.74) is 4.22. The number of fused-ring (bicyclic) bond motifs is 1. The number of rotatable bonds is 9. The van der Waals surface area contributed by atoms with Crippen LogP contribution in [0, 0.1) is 5.92 Å². The number of aliphatic hydroxyl groups is 1. The van der Waals surface area contributed by atoms with Gasteiger partial charge in [0.2, 0.25) is 0 Å². The zero-order valence-electron chi connectivity index (χ0n) is 15.9. The number of alkyl halides is 4. The second-order valence-corrected chi connectivity index (χ2v) is 7.11. The quantitative estimate of drug-likeness (QED) is 0.224. The highest BCUT2D eigenvalue weighted by molar-refractivity contribution is 7.91. The van der Waals surface area contributed by atoms with Crippen LogP contribution in [0.2, 0.25) is 0 Å². The summed E-state index contributed by atoms with van der Waals surface area (Å²) in [6.07, 6.45) is 1.000. The Labute approximate surface area is 173 Å². The molecule has 0 aliphatic rings. The molecular formula is C18H20F5N3O3S. The molecule has 0 radical (unpaired) electrons. The Hall–Kier alpha value is -2.44. The highest BCUT2D eigenvalue weighted by atomic mass is 32.2. The van der Waals surface area contributed by atoms with E-state index in [0.717, 1.165) is 18.3 Å². The number of halogens is 5. The van der Waals surface area contributed by atoms with E-state index >= 15 is 0 Å². The molecule has 2 aromatic carbocycles. The minimum Gasteiger partial charge on any atom is -0.431 e. The molecule has 0 bridgehead atoms. The molecule has 0 amide bonds. The Morgan fingerprint density at radius 1 is 1.07 bits per heavy atom. The third kappa shape index (κ3) is 5.18. The van der Waals surface area contributed by atoms with E-state index in [4.69, 9.17) is 11.6 Å². The summed E-state index contributed by atoms with van der Waals surface area (Å²) in [5, 5.41) is 11.9. The van der Waals surface area contributed by atoms with Gasteiger partial charge in [-0.05, 0) is 40.5 Å². The van der Waals surface area contributed by atoms with E-state index in [1.807, 2.05) is 0 Å². The van der Waals surface area contributed by atoms with Crippen LogP contribution in [0.3, 0.4) is 0 Å². The highest BCUT2D eigenvalue weighted by Crippen LogP contribution is 2.39. The maximum absolute atomic E-state index is 12.7. The number of ether oxygens (including phenoxy) is 2.